The molecule has 0 bridgehead atoms. The van der Waals surface area contributed by atoms with Crippen molar-refractivity contribution in [2.75, 3.05) is 0 Å². The zero-order valence-electron chi connectivity index (χ0n) is 9.55. The van der Waals surface area contributed by atoms with Crippen molar-refractivity contribution in [3.63, 3.8) is 0 Å². The number of hydrogen-bond donors (Lipinski definition) is 2. The Morgan fingerprint density at radius 1 is 1.53 bits per heavy atom. The number of aromatic nitrogens is 2. The molecule has 2 N–H and O–H groups in total. The molecule has 1 aromatic rings. The number of H-pyrrole nitrogens is 1. The molecule has 5 heteroatoms. The number of nitrogens with zero attached hydrogens (tertiary/aromatic N) is 1. The van der Waals surface area contributed by atoms with E-state index in [0.717, 1.165) is 5.69 Å². The Bertz CT molecular complexity index is 415. The van der Waals surface area contributed by atoms with E-state index in [1.54, 1.807) is 7.05 Å². The van der Waals surface area contributed by atoms with Crippen LogP contribution in [0.1, 0.15) is 25.1 Å². The molecule has 1 aromatic heterocycles. The summed E-state index contributed by atoms with van der Waals surface area (Å²) < 4.78 is 1.41. The SMILES string of the molecule is Cc1[nH]n(C)c(=O)c1CNC(=O)C(C)C. The van der Waals surface area contributed by atoms with Gasteiger partial charge in [0.2, 0.25) is 5.91 Å². The molecule has 0 spiro atoms. The van der Waals surface area contributed by atoms with Gasteiger partial charge < -0.3 is 5.32 Å². The fraction of sp³-hybridized carbons (Fsp3) is 0.600. The summed E-state index contributed by atoms with van der Waals surface area (Å²) in [6.07, 6.45) is 0. The maximum absolute atomic E-state index is 11.6. The van der Waals surface area contributed by atoms with E-state index in [1.165, 1.54) is 4.68 Å². The molecule has 0 fully saturated rings. The lowest BCUT2D eigenvalue weighted by molar-refractivity contribution is -0.124. The number of amides is 1. The van der Waals surface area contributed by atoms with Crippen LogP contribution in [-0.4, -0.2) is 15.7 Å². The topological polar surface area (TPSA) is 66.9 Å². The maximum Gasteiger partial charge on any atom is 0.271 e. The van der Waals surface area contributed by atoms with Crippen LogP contribution in [0.2, 0.25) is 0 Å². The molecule has 0 saturated heterocycles. The van der Waals surface area contributed by atoms with Crippen molar-refractivity contribution in [2.45, 2.75) is 27.3 Å². The highest BCUT2D eigenvalue weighted by Gasteiger charge is 2.11. The molecule has 0 aliphatic carbocycles. The van der Waals surface area contributed by atoms with E-state index in [1.807, 2.05) is 20.8 Å². The van der Waals surface area contributed by atoms with Gasteiger partial charge in [-0.25, -0.2) is 0 Å². The summed E-state index contributed by atoms with van der Waals surface area (Å²) in [5.41, 5.74) is 1.33. The normalized spacial score (nSPS) is 10.7. The monoisotopic (exact) mass is 211 g/mol. The van der Waals surface area contributed by atoms with Gasteiger partial charge in [-0.1, -0.05) is 13.8 Å². The summed E-state index contributed by atoms with van der Waals surface area (Å²) in [7, 11) is 1.66. The Kier molecular flexibility index (Phi) is 3.34. The first-order chi connectivity index (χ1) is 6.93. The molecule has 5 nitrogen and oxygen atoms in total. The number of rotatable bonds is 3. The average molecular weight is 211 g/mol. The van der Waals surface area contributed by atoms with Crippen LogP contribution in [0.25, 0.3) is 0 Å². The Hall–Kier alpha value is -1.52. The van der Waals surface area contributed by atoms with Crippen molar-refractivity contribution in [2.24, 2.45) is 13.0 Å². The Balaban J connectivity index is 2.74. The molecule has 1 rings (SSSR count). The summed E-state index contributed by atoms with van der Waals surface area (Å²) in [5, 5.41) is 5.60. The standard InChI is InChI=1S/C10H17N3O2/c1-6(2)9(14)11-5-8-7(3)12-13(4)10(8)15/h6,12H,5H2,1-4H3,(H,11,14). The van der Waals surface area contributed by atoms with Crippen LogP contribution < -0.4 is 10.9 Å². The predicted octanol–water partition coefficient (Wildman–Crippen LogP) is 0.294. The first-order valence-electron chi connectivity index (χ1n) is 4.95. The molecule has 0 atom stereocenters. The number of aryl methyl sites for hydroxylation is 2. The lowest BCUT2D eigenvalue weighted by atomic mass is 10.2. The van der Waals surface area contributed by atoms with Crippen LogP contribution >= 0.6 is 0 Å². The first-order valence-corrected chi connectivity index (χ1v) is 4.95. The second-order valence-corrected chi connectivity index (χ2v) is 3.95. The van der Waals surface area contributed by atoms with Crippen molar-refractivity contribution in [1.29, 1.82) is 0 Å². The van der Waals surface area contributed by atoms with Crippen LogP contribution in [0.15, 0.2) is 4.79 Å². The number of carbonyl (C=O) groups is 1. The van der Waals surface area contributed by atoms with E-state index in [4.69, 9.17) is 0 Å². The second-order valence-electron chi connectivity index (χ2n) is 3.95. The van der Waals surface area contributed by atoms with Gasteiger partial charge in [-0.2, -0.15) is 0 Å². The Morgan fingerprint density at radius 2 is 2.13 bits per heavy atom. The average Bonchev–Trinajstić information content (AvgIpc) is 2.38. The van der Waals surface area contributed by atoms with Gasteiger partial charge in [-0.05, 0) is 6.92 Å². The van der Waals surface area contributed by atoms with Crippen molar-refractivity contribution >= 4 is 5.91 Å². The highest BCUT2D eigenvalue weighted by Crippen LogP contribution is 1.99. The van der Waals surface area contributed by atoms with Gasteiger partial charge in [0.25, 0.3) is 5.56 Å². The van der Waals surface area contributed by atoms with Gasteiger partial charge in [0.1, 0.15) is 0 Å². The minimum absolute atomic E-state index is 0.0438. The smallest absolute Gasteiger partial charge is 0.271 e. The molecule has 1 amide bonds. The minimum Gasteiger partial charge on any atom is -0.352 e. The molecular formula is C10H17N3O2. The molecule has 0 radical (unpaired) electrons. The molecule has 0 aliphatic heterocycles. The second kappa shape index (κ2) is 4.33. The van der Waals surface area contributed by atoms with Gasteiger partial charge in [0.15, 0.2) is 0 Å². The summed E-state index contributed by atoms with van der Waals surface area (Å²) in [4.78, 5) is 22.9. The quantitative estimate of drug-likeness (QED) is 0.754. The van der Waals surface area contributed by atoms with Crippen LogP contribution in [0.4, 0.5) is 0 Å². The van der Waals surface area contributed by atoms with E-state index in [0.29, 0.717) is 12.1 Å². The fourth-order valence-electron chi connectivity index (χ4n) is 1.32. The molecule has 0 aliphatic rings. The van der Waals surface area contributed by atoms with Gasteiger partial charge in [-0.3, -0.25) is 19.4 Å². The maximum atomic E-state index is 11.6. The van der Waals surface area contributed by atoms with E-state index < -0.39 is 0 Å². The summed E-state index contributed by atoms with van der Waals surface area (Å²) in [6, 6.07) is 0. The lowest BCUT2D eigenvalue weighted by Crippen LogP contribution is -2.29. The highest BCUT2D eigenvalue weighted by atomic mass is 16.2. The first kappa shape index (κ1) is 11.6. The van der Waals surface area contributed by atoms with Crippen molar-refractivity contribution in [3.05, 3.63) is 21.6 Å². The Morgan fingerprint density at radius 3 is 2.53 bits per heavy atom. The van der Waals surface area contributed by atoms with Crippen molar-refractivity contribution < 1.29 is 4.79 Å². The number of hydrogen-bond acceptors (Lipinski definition) is 2. The van der Waals surface area contributed by atoms with Gasteiger partial charge in [0.05, 0.1) is 12.1 Å². The van der Waals surface area contributed by atoms with Crippen molar-refractivity contribution in [3.8, 4) is 0 Å². The van der Waals surface area contributed by atoms with E-state index in [-0.39, 0.29) is 17.4 Å². The molecule has 0 saturated carbocycles. The lowest BCUT2D eigenvalue weighted by Gasteiger charge is -2.05. The zero-order valence-corrected chi connectivity index (χ0v) is 9.55. The van der Waals surface area contributed by atoms with E-state index >= 15 is 0 Å². The highest BCUT2D eigenvalue weighted by molar-refractivity contribution is 5.77. The molecular weight excluding hydrogens is 194 g/mol. The summed E-state index contributed by atoms with van der Waals surface area (Å²) in [6.45, 7) is 5.74. The van der Waals surface area contributed by atoms with Crippen LogP contribution in [-0.2, 0) is 18.4 Å². The third kappa shape index (κ3) is 2.49. The van der Waals surface area contributed by atoms with Gasteiger partial charge in [0, 0.05) is 18.7 Å². The number of carbonyl (C=O) groups excluding carboxylic acids is 1. The molecule has 0 unspecified atom stereocenters. The third-order valence-electron chi connectivity index (χ3n) is 2.31. The van der Waals surface area contributed by atoms with Crippen LogP contribution in [0, 0.1) is 12.8 Å². The van der Waals surface area contributed by atoms with Crippen LogP contribution in [0.3, 0.4) is 0 Å². The number of nitrogens with one attached hydrogen (secondary N) is 2. The molecule has 0 aromatic carbocycles. The predicted molar refractivity (Wildman–Crippen MR) is 57.5 cm³/mol. The molecule has 15 heavy (non-hydrogen) atoms. The largest absolute Gasteiger partial charge is 0.352 e. The zero-order chi connectivity index (χ0) is 11.6. The van der Waals surface area contributed by atoms with Gasteiger partial charge in [-0.15, -0.1) is 0 Å². The molecule has 84 valence electrons. The third-order valence-corrected chi connectivity index (χ3v) is 2.31. The van der Waals surface area contributed by atoms with Gasteiger partial charge >= 0.3 is 0 Å². The molecule has 1 heterocycles. The summed E-state index contributed by atoms with van der Waals surface area (Å²) >= 11 is 0. The van der Waals surface area contributed by atoms with Crippen LogP contribution in [0.5, 0.6) is 0 Å². The number of aromatic amines is 1. The van der Waals surface area contributed by atoms with E-state index in [9.17, 15) is 9.59 Å². The minimum atomic E-state index is -0.0865. The van der Waals surface area contributed by atoms with Crippen molar-refractivity contribution in [1.82, 2.24) is 15.1 Å². The summed E-state index contributed by atoms with van der Waals surface area (Å²) in [5.74, 6) is -0.106. The Labute approximate surface area is 88.5 Å². The fourth-order valence-corrected chi connectivity index (χ4v) is 1.32. The van der Waals surface area contributed by atoms with E-state index in [2.05, 4.69) is 10.4 Å².